The van der Waals surface area contributed by atoms with Crippen LogP contribution in [0.1, 0.15) is 18.4 Å². The Balaban J connectivity index is 2.03. The van der Waals surface area contributed by atoms with Crippen molar-refractivity contribution in [3.63, 3.8) is 0 Å². The number of carbonyl (C=O) groups excluding carboxylic acids is 1. The van der Waals surface area contributed by atoms with Gasteiger partial charge >= 0.3 is 5.97 Å². The summed E-state index contributed by atoms with van der Waals surface area (Å²) in [6, 6.07) is 2.89. The van der Waals surface area contributed by atoms with Crippen LogP contribution in [0.3, 0.4) is 0 Å². The lowest BCUT2D eigenvalue weighted by Crippen LogP contribution is -2.41. The third-order valence-electron chi connectivity index (χ3n) is 2.96. The van der Waals surface area contributed by atoms with E-state index in [2.05, 4.69) is 4.98 Å². The van der Waals surface area contributed by atoms with E-state index in [1.165, 1.54) is 4.90 Å². The Morgan fingerprint density at radius 1 is 1.41 bits per heavy atom. The predicted octanol–water partition coefficient (Wildman–Crippen LogP) is 0.700. The van der Waals surface area contributed by atoms with Crippen LogP contribution >= 0.6 is 0 Å². The van der Waals surface area contributed by atoms with Gasteiger partial charge in [-0.3, -0.25) is 9.78 Å². The maximum Gasteiger partial charge on any atom is 0.326 e. The molecule has 1 fully saturated rings. The minimum atomic E-state index is -0.912. The van der Waals surface area contributed by atoms with Gasteiger partial charge in [-0.1, -0.05) is 0 Å². The van der Waals surface area contributed by atoms with Crippen molar-refractivity contribution in [1.82, 2.24) is 9.88 Å². The number of aromatic nitrogens is 1. The van der Waals surface area contributed by atoms with Crippen LogP contribution in [0.5, 0.6) is 0 Å². The lowest BCUT2D eigenvalue weighted by molar-refractivity contribution is -0.148. The number of amides is 1. The number of hydrogen-bond acceptors (Lipinski definition) is 3. The van der Waals surface area contributed by atoms with Gasteiger partial charge < -0.3 is 10.0 Å². The number of carboxylic acid groups (broad SMARTS) is 1. The maximum atomic E-state index is 12.0. The summed E-state index contributed by atoms with van der Waals surface area (Å²) >= 11 is 0. The summed E-state index contributed by atoms with van der Waals surface area (Å²) < 4.78 is 0. The van der Waals surface area contributed by atoms with E-state index in [1.807, 2.05) is 0 Å². The molecule has 1 amide bonds. The smallest absolute Gasteiger partial charge is 0.326 e. The molecule has 0 bridgehead atoms. The van der Waals surface area contributed by atoms with Gasteiger partial charge in [-0.05, 0) is 30.5 Å². The number of carbonyl (C=O) groups is 2. The molecule has 1 N–H and O–H groups in total. The molecule has 1 unspecified atom stereocenters. The van der Waals surface area contributed by atoms with Crippen LogP contribution in [-0.2, 0) is 16.0 Å². The Morgan fingerprint density at radius 2 is 2.12 bits per heavy atom. The van der Waals surface area contributed by atoms with Gasteiger partial charge in [0.2, 0.25) is 5.91 Å². The largest absolute Gasteiger partial charge is 0.480 e. The van der Waals surface area contributed by atoms with Gasteiger partial charge in [0.05, 0.1) is 6.42 Å². The molecule has 1 aromatic rings. The third kappa shape index (κ3) is 2.61. The van der Waals surface area contributed by atoms with Gasteiger partial charge in [-0.15, -0.1) is 0 Å². The molecular formula is C12H14N2O3. The lowest BCUT2D eigenvalue weighted by atomic mass is 10.1. The quantitative estimate of drug-likeness (QED) is 0.835. The van der Waals surface area contributed by atoms with Crippen LogP contribution in [0.15, 0.2) is 24.5 Å². The summed E-state index contributed by atoms with van der Waals surface area (Å²) in [6.45, 7) is 0.543. The van der Waals surface area contributed by atoms with Crippen LogP contribution in [-0.4, -0.2) is 39.5 Å². The fraction of sp³-hybridized carbons (Fsp3) is 0.417. The summed E-state index contributed by atoms with van der Waals surface area (Å²) in [4.78, 5) is 28.3. The molecule has 17 heavy (non-hydrogen) atoms. The zero-order valence-electron chi connectivity index (χ0n) is 9.37. The van der Waals surface area contributed by atoms with Crippen molar-refractivity contribution >= 4 is 11.9 Å². The van der Waals surface area contributed by atoms with Crippen LogP contribution in [0.4, 0.5) is 0 Å². The Labute approximate surface area is 99.1 Å². The highest BCUT2D eigenvalue weighted by Crippen LogP contribution is 2.18. The van der Waals surface area contributed by atoms with Crippen LogP contribution in [0.2, 0.25) is 0 Å². The lowest BCUT2D eigenvalue weighted by Gasteiger charge is -2.21. The number of pyridine rings is 1. The average Bonchev–Trinajstić information content (AvgIpc) is 2.79. The van der Waals surface area contributed by atoms with Gasteiger partial charge in [-0.2, -0.15) is 0 Å². The van der Waals surface area contributed by atoms with Gasteiger partial charge in [0.15, 0.2) is 0 Å². The van der Waals surface area contributed by atoms with Gasteiger partial charge in [0.25, 0.3) is 0 Å². The Morgan fingerprint density at radius 3 is 2.76 bits per heavy atom. The minimum absolute atomic E-state index is 0.124. The molecule has 5 nitrogen and oxygen atoms in total. The van der Waals surface area contributed by atoms with Gasteiger partial charge in [-0.25, -0.2) is 4.79 Å². The highest BCUT2D eigenvalue weighted by molar-refractivity contribution is 5.85. The zero-order valence-corrected chi connectivity index (χ0v) is 9.37. The topological polar surface area (TPSA) is 70.5 Å². The maximum absolute atomic E-state index is 12.0. The van der Waals surface area contributed by atoms with Gasteiger partial charge in [0, 0.05) is 18.9 Å². The first-order valence-electron chi connectivity index (χ1n) is 5.59. The van der Waals surface area contributed by atoms with Gasteiger partial charge in [0.1, 0.15) is 6.04 Å². The van der Waals surface area contributed by atoms with Crippen LogP contribution in [0.25, 0.3) is 0 Å². The number of aliphatic carboxylic acids is 1. The monoisotopic (exact) mass is 234 g/mol. The second-order valence-corrected chi connectivity index (χ2v) is 4.12. The van der Waals surface area contributed by atoms with E-state index in [1.54, 1.807) is 24.5 Å². The van der Waals surface area contributed by atoms with Crippen LogP contribution in [0, 0.1) is 0 Å². The predicted molar refractivity (Wildman–Crippen MR) is 60.3 cm³/mol. The third-order valence-corrected chi connectivity index (χ3v) is 2.96. The fourth-order valence-corrected chi connectivity index (χ4v) is 2.10. The average molecular weight is 234 g/mol. The number of nitrogens with zero attached hydrogens (tertiary/aromatic N) is 2. The van der Waals surface area contributed by atoms with E-state index < -0.39 is 12.0 Å². The molecule has 0 spiro atoms. The minimum Gasteiger partial charge on any atom is -0.480 e. The normalized spacial score (nSPS) is 19.3. The second kappa shape index (κ2) is 4.95. The van der Waals surface area contributed by atoms with E-state index in [0.29, 0.717) is 13.0 Å². The highest BCUT2D eigenvalue weighted by atomic mass is 16.4. The number of likely N-dealkylation sites (tertiary alicyclic amines) is 1. The molecule has 90 valence electrons. The summed E-state index contributed by atoms with van der Waals surface area (Å²) in [5, 5.41) is 8.99. The summed E-state index contributed by atoms with van der Waals surface area (Å²) in [6.07, 6.45) is 4.81. The molecule has 5 heteroatoms. The molecule has 1 aliphatic rings. The SMILES string of the molecule is O=C(O)C1CCCN1C(=O)Cc1ccncc1. The summed E-state index contributed by atoms with van der Waals surface area (Å²) in [5.41, 5.74) is 0.862. The van der Waals surface area contributed by atoms with E-state index in [9.17, 15) is 9.59 Å². The van der Waals surface area contributed by atoms with E-state index in [0.717, 1.165) is 12.0 Å². The molecule has 1 aromatic heterocycles. The first kappa shape index (κ1) is 11.6. The molecule has 0 saturated carbocycles. The first-order chi connectivity index (χ1) is 8.18. The van der Waals surface area contributed by atoms with E-state index >= 15 is 0 Å². The van der Waals surface area contributed by atoms with Crippen LogP contribution < -0.4 is 0 Å². The summed E-state index contributed by atoms with van der Waals surface area (Å²) in [7, 11) is 0. The molecule has 2 rings (SSSR count). The fourth-order valence-electron chi connectivity index (χ4n) is 2.10. The molecule has 1 atom stereocenters. The van der Waals surface area contributed by atoms with Crippen molar-refractivity contribution < 1.29 is 14.7 Å². The molecule has 0 radical (unpaired) electrons. The molecule has 0 aromatic carbocycles. The van der Waals surface area contributed by atoms with E-state index in [-0.39, 0.29) is 12.3 Å². The van der Waals surface area contributed by atoms with Crippen molar-refractivity contribution in [3.8, 4) is 0 Å². The van der Waals surface area contributed by atoms with Crippen molar-refractivity contribution in [3.05, 3.63) is 30.1 Å². The Hall–Kier alpha value is -1.91. The van der Waals surface area contributed by atoms with Crippen molar-refractivity contribution in [1.29, 1.82) is 0 Å². The first-order valence-corrected chi connectivity index (χ1v) is 5.59. The summed E-state index contributed by atoms with van der Waals surface area (Å²) in [5.74, 6) is -1.04. The number of hydrogen-bond donors (Lipinski definition) is 1. The van der Waals surface area contributed by atoms with Crippen molar-refractivity contribution in [2.45, 2.75) is 25.3 Å². The Bertz CT molecular complexity index is 419. The molecule has 2 heterocycles. The standard InChI is InChI=1S/C12H14N2O3/c15-11(8-9-3-5-13-6-4-9)14-7-1-2-10(14)12(16)17/h3-6,10H,1-2,7-8H2,(H,16,17). The van der Waals surface area contributed by atoms with E-state index in [4.69, 9.17) is 5.11 Å². The molecular weight excluding hydrogens is 220 g/mol. The molecule has 0 aliphatic carbocycles. The highest BCUT2D eigenvalue weighted by Gasteiger charge is 2.33. The Kier molecular flexibility index (Phi) is 3.37. The second-order valence-electron chi connectivity index (χ2n) is 4.12. The number of carboxylic acids is 1. The zero-order chi connectivity index (χ0) is 12.3. The van der Waals surface area contributed by atoms with Crippen molar-refractivity contribution in [2.75, 3.05) is 6.54 Å². The number of rotatable bonds is 3. The molecule has 1 aliphatic heterocycles. The molecule has 1 saturated heterocycles. The van der Waals surface area contributed by atoms with Crippen molar-refractivity contribution in [2.24, 2.45) is 0 Å².